The molecule has 0 heterocycles. The van der Waals surface area contributed by atoms with Gasteiger partial charge in [-0.1, -0.05) is 51.9 Å². The van der Waals surface area contributed by atoms with Crippen LogP contribution in [0.15, 0.2) is 17.7 Å². The number of hydrogen-bond donors (Lipinski definition) is 0. The fourth-order valence-electron chi connectivity index (χ4n) is 3.26. The lowest BCUT2D eigenvalue weighted by Crippen LogP contribution is -2.08. The van der Waals surface area contributed by atoms with Gasteiger partial charge in [0, 0.05) is 17.7 Å². The van der Waals surface area contributed by atoms with E-state index in [9.17, 15) is 4.79 Å². The molecule has 0 bridgehead atoms. The molecular weight excluding hydrogens is 368 g/mol. The van der Waals surface area contributed by atoms with Gasteiger partial charge in [0.05, 0.1) is 33.5 Å². The van der Waals surface area contributed by atoms with Gasteiger partial charge in [-0.25, -0.2) is 4.79 Å². The van der Waals surface area contributed by atoms with Gasteiger partial charge >= 0.3 is 5.97 Å². The summed E-state index contributed by atoms with van der Waals surface area (Å²) in [5.74, 6) is 1.55. The van der Waals surface area contributed by atoms with Crippen molar-refractivity contribution in [3.8, 4) is 17.2 Å². The third-order valence-corrected chi connectivity index (χ3v) is 4.91. The van der Waals surface area contributed by atoms with Crippen LogP contribution in [-0.2, 0) is 9.53 Å². The molecule has 0 aromatic heterocycles. The van der Waals surface area contributed by atoms with Crippen molar-refractivity contribution < 1.29 is 23.7 Å². The third-order valence-electron chi connectivity index (χ3n) is 4.91. The minimum Gasteiger partial charge on any atom is -0.496 e. The number of carbonyl (C=O) groups excluding carboxylic acids is 1. The van der Waals surface area contributed by atoms with Gasteiger partial charge in [-0.3, -0.25) is 0 Å². The molecule has 0 atom stereocenters. The van der Waals surface area contributed by atoms with Crippen molar-refractivity contribution in [2.24, 2.45) is 0 Å². The number of unbranched alkanes of at least 4 members (excludes halogenated alkanes) is 7. The van der Waals surface area contributed by atoms with E-state index in [1.165, 1.54) is 38.5 Å². The molecule has 0 aliphatic rings. The highest BCUT2D eigenvalue weighted by Gasteiger charge is 2.16. The maximum atomic E-state index is 12.5. The highest BCUT2D eigenvalue weighted by molar-refractivity contribution is 5.94. The van der Waals surface area contributed by atoms with Crippen molar-refractivity contribution in [3.63, 3.8) is 0 Å². The molecule has 0 fully saturated rings. The molecular formula is C24H38O5. The molecule has 0 unspecified atom stereocenters. The zero-order valence-corrected chi connectivity index (χ0v) is 18.8. The second-order valence-corrected chi connectivity index (χ2v) is 7.06. The monoisotopic (exact) mass is 406 g/mol. The molecule has 0 aliphatic carbocycles. The standard InChI is InChI=1S/C24H38O5/c1-6-8-9-10-11-12-13-14-15-19(24(25)29-7-2)16-21-22(27-4)17-20(26-3)18-23(21)28-5/h16-18H,6-15H2,1-5H3. The topological polar surface area (TPSA) is 54.0 Å². The second-order valence-electron chi connectivity index (χ2n) is 7.06. The van der Waals surface area contributed by atoms with E-state index < -0.39 is 0 Å². The molecule has 1 aromatic rings. The average Bonchev–Trinajstić information content (AvgIpc) is 2.74. The summed E-state index contributed by atoms with van der Waals surface area (Å²) < 4.78 is 21.6. The van der Waals surface area contributed by atoms with Gasteiger partial charge in [0.2, 0.25) is 0 Å². The van der Waals surface area contributed by atoms with E-state index in [0.29, 0.717) is 35.8 Å². The van der Waals surface area contributed by atoms with Crippen molar-refractivity contribution in [1.29, 1.82) is 0 Å². The van der Waals surface area contributed by atoms with Crippen molar-refractivity contribution in [2.75, 3.05) is 27.9 Å². The van der Waals surface area contributed by atoms with E-state index in [2.05, 4.69) is 6.92 Å². The van der Waals surface area contributed by atoms with Crippen LogP contribution >= 0.6 is 0 Å². The normalized spacial score (nSPS) is 11.3. The van der Waals surface area contributed by atoms with Crippen LogP contribution in [0.25, 0.3) is 6.08 Å². The predicted molar refractivity (Wildman–Crippen MR) is 118 cm³/mol. The summed E-state index contributed by atoms with van der Waals surface area (Å²) in [4.78, 5) is 12.5. The summed E-state index contributed by atoms with van der Waals surface area (Å²) in [6.45, 7) is 4.40. The van der Waals surface area contributed by atoms with Crippen LogP contribution in [0.1, 0.15) is 77.2 Å². The van der Waals surface area contributed by atoms with Crippen molar-refractivity contribution >= 4 is 12.0 Å². The van der Waals surface area contributed by atoms with Gasteiger partial charge in [0.15, 0.2) is 0 Å². The van der Waals surface area contributed by atoms with Crippen LogP contribution in [0.2, 0.25) is 0 Å². The number of ether oxygens (including phenoxy) is 4. The zero-order valence-electron chi connectivity index (χ0n) is 18.8. The summed E-state index contributed by atoms with van der Waals surface area (Å²) in [7, 11) is 4.78. The summed E-state index contributed by atoms with van der Waals surface area (Å²) in [5, 5.41) is 0. The molecule has 0 radical (unpaired) electrons. The van der Waals surface area contributed by atoms with E-state index in [-0.39, 0.29) is 5.97 Å². The molecule has 1 aromatic carbocycles. The van der Waals surface area contributed by atoms with E-state index in [4.69, 9.17) is 18.9 Å². The van der Waals surface area contributed by atoms with Crippen LogP contribution < -0.4 is 14.2 Å². The number of esters is 1. The van der Waals surface area contributed by atoms with Crippen LogP contribution in [0.3, 0.4) is 0 Å². The Morgan fingerprint density at radius 1 is 0.828 bits per heavy atom. The lowest BCUT2D eigenvalue weighted by Gasteiger charge is -2.14. The Labute approximate surface area is 176 Å². The van der Waals surface area contributed by atoms with Crippen LogP contribution in [0.4, 0.5) is 0 Å². The Morgan fingerprint density at radius 2 is 1.38 bits per heavy atom. The second kappa shape index (κ2) is 14.8. The summed E-state index contributed by atoms with van der Waals surface area (Å²) in [5.41, 5.74) is 1.36. The third kappa shape index (κ3) is 8.80. The van der Waals surface area contributed by atoms with Crippen molar-refractivity contribution in [1.82, 2.24) is 0 Å². The largest absolute Gasteiger partial charge is 0.496 e. The average molecular weight is 407 g/mol. The molecule has 5 nitrogen and oxygen atoms in total. The first kappa shape index (κ1) is 24.9. The number of rotatable bonds is 15. The van der Waals surface area contributed by atoms with Gasteiger partial charge in [0.1, 0.15) is 17.2 Å². The molecule has 1 rings (SSSR count). The Hall–Kier alpha value is -2.17. The summed E-state index contributed by atoms with van der Waals surface area (Å²) in [6.07, 6.45) is 12.2. The van der Waals surface area contributed by atoms with Gasteiger partial charge in [-0.2, -0.15) is 0 Å². The first-order chi connectivity index (χ1) is 14.1. The quantitative estimate of drug-likeness (QED) is 0.197. The molecule has 164 valence electrons. The number of benzene rings is 1. The van der Waals surface area contributed by atoms with Gasteiger partial charge < -0.3 is 18.9 Å². The molecule has 0 spiro atoms. The van der Waals surface area contributed by atoms with E-state index in [1.54, 1.807) is 33.5 Å². The summed E-state index contributed by atoms with van der Waals surface area (Å²) in [6, 6.07) is 3.57. The van der Waals surface area contributed by atoms with Gasteiger partial charge in [-0.05, 0) is 25.8 Å². The molecule has 0 saturated carbocycles. The molecule has 0 saturated heterocycles. The Bertz CT molecular complexity index is 611. The van der Waals surface area contributed by atoms with Crippen LogP contribution in [-0.4, -0.2) is 33.9 Å². The first-order valence-corrected chi connectivity index (χ1v) is 10.8. The van der Waals surface area contributed by atoms with E-state index >= 15 is 0 Å². The van der Waals surface area contributed by atoms with Crippen molar-refractivity contribution in [2.45, 2.75) is 71.6 Å². The van der Waals surface area contributed by atoms with Crippen LogP contribution in [0.5, 0.6) is 17.2 Å². The maximum absolute atomic E-state index is 12.5. The van der Waals surface area contributed by atoms with Crippen molar-refractivity contribution in [3.05, 3.63) is 23.3 Å². The van der Waals surface area contributed by atoms with E-state index in [0.717, 1.165) is 18.4 Å². The fourth-order valence-corrected chi connectivity index (χ4v) is 3.26. The Morgan fingerprint density at radius 3 is 1.86 bits per heavy atom. The predicted octanol–water partition coefficient (Wildman–Crippen LogP) is 6.19. The maximum Gasteiger partial charge on any atom is 0.334 e. The molecule has 5 heteroatoms. The molecule has 0 amide bonds. The smallest absolute Gasteiger partial charge is 0.334 e. The zero-order chi connectivity index (χ0) is 21.5. The number of carbonyl (C=O) groups is 1. The summed E-state index contributed by atoms with van der Waals surface area (Å²) >= 11 is 0. The highest BCUT2D eigenvalue weighted by Crippen LogP contribution is 2.36. The van der Waals surface area contributed by atoms with Crippen LogP contribution in [0, 0.1) is 0 Å². The SMILES string of the molecule is CCCCCCCCCCC(=Cc1c(OC)cc(OC)cc1OC)C(=O)OCC. The Kier molecular flexibility index (Phi) is 12.7. The molecule has 0 N–H and O–H groups in total. The fraction of sp³-hybridized carbons (Fsp3) is 0.625. The molecule has 0 aliphatic heterocycles. The van der Waals surface area contributed by atoms with E-state index in [1.807, 2.05) is 13.0 Å². The highest BCUT2D eigenvalue weighted by atomic mass is 16.5. The van der Waals surface area contributed by atoms with Gasteiger partial charge in [0.25, 0.3) is 0 Å². The minimum atomic E-state index is -0.282. The molecule has 29 heavy (non-hydrogen) atoms. The Balaban J connectivity index is 2.89. The lowest BCUT2D eigenvalue weighted by molar-refractivity contribution is -0.138. The number of hydrogen-bond acceptors (Lipinski definition) is 5. The minimum absolute atomic E-state index is 0.282. The number of methoxy groups -OCH3 is 3. The van der Waals surface area contributed by atoms with Gasteiger partial charge in [-0.15, -0.1) is 0 Å². The lowest BCUT2D eigenvalue weighted by atomic mass is 10.0. The first-order valence-electron chi connectivity index (χ1n) is 10.8.